The normalized spacial score (nSPS) is 12.6. The highest BCUT2D eigenvalue weighted by Crippen LogP contribution is 2.33. The summed E-state index contributed by atoms with van der Waals surface area (Å²) in [5, 5.41) is 10.1. The fourth-order valence-electron chi connectivity index (χ4n) is 3.23. The number of rotatable bonds is 5. The maximum Gasteiger partial charge on any atom is 0.416 e. The van der Waals surface area contributed by atoms with Crippen molar-refractivity contribution >= 4 is 22.6 Å². The Balaban J connectivity index is 2.25. The van der Waals surface area contributed by atoms with E-state index < -0.39 is 23.0 Å². The lowest BCUT2D eigenvalue weighted by atomic mass is 10.1. The molecule has 3 rings (SSSR count). The van der Waals surface area contributed by atoms with Gasteiger partial charge in [0.2, 0.25) is 0 Å². The summed E-state index contributed by atoms with van der Waals surface area (Å²) in [5.74, 6) is 0.450. The zero-order chi connectivity index (χ0) is 21.6. The highest BCUT2D eigenvalue weighted by atomic mass is 35.5. The maximum absolute atomic E-state index is 13.3. The Morgan fingerprint density at radius 2 is 1.79 bits per heavy atom. The largest absolute Gasteiger partial charge is 0.495 e. The Bertz CT molecular complexity index is 1120. The zero-order valence-electron chi connectivity index (χ0n) is 16.0. The number of hydrogen-bond acceptors (Lipinski definition) is 3. The second kappa shape index (κ2) is 7.42. The van der Waals surface area contributed by atoms with Crippen LogP contribution in [0.4, 0.5) is 13.2 Å². The minimum absolute atomic E-state index is 0.00880. The third kappa shape index (κ3) is 3.86. The van der Waals surface area contributed by atoms with Gasteiger partial charge in [0.05, 0.1) is 47.4 Å². The first-order valence-electron chi connectivity index (χ1n) is 8.76. The average Bonchev–Trinajstić information content (AvgIpc) is 2.93. The highest BCUT2D eigenvalue weighted by molar-refractivity contribution is 6.32. The van der Waals surface area contributed by atoms with Crippen LogP contribution in [-0.4, -0.2) is 28.0 Å². The van der Waals surface area contributed by atoms with Crippen molar-refractivity contribution in [1.29, 1.82) is 0 Å². The molecule has 0 saturated heterocycles. The van der Waals surface area contributed by atoms with Crippen molar-refractivity contribution < 1.29 is 23.0 Å². The second-order valence-corrected chi connectivity index (χ2v) is 7.75. The van der Waals surface area contributed by atoms with E-state index in [2.05, 4.69) is 0 Å². The first-order chi connectivity index (χ1) is 13.5. The monoisotopic (exact) mass is 428 g/mol. The number of imidazole rings is 1. The van der Waals surface area contributed by atoms with Crippen molar-refractivity contribution in [3.8, 4) is 5.75 Å². The van der Waals surface area contributed by atoms with E-state index in [1.807, 2.05) is 0 Å². The van der Waals surface area contributed by atoms with E-state index in [0.29, 0.717) is 21.9 Å². The van der Waals surface area contributed by atoms with Gasteiger partial charge in [0.1, 0.15) is 5.75 Å². The summed E-state index contributed by atoms with van der Waals surface area (Å²) in [6.45, 7) is 2.93. The number of hydrogen-bond donors (Lipinski definition) is 1. The van der Waals surface area contributed by atoms with E-state index in [1.165, 1.54) is 22.3 Å². The van der Waals surface area contributed by atoms with Crippen LogP contribution in [0.25, 0.3) is 11.0 Å². The Labute approximate surface area is 169 Å². The molecule has 0 aliphatic heterocycles. The number of aliphatic hydroxyl groups is 1. The Morgan fingerprint density at radius 3 is 2.34 bits per heavy atom. The fraction of sp³-hybridized carbons (Fsp3) is 0.350. The molecule has 0 spiro atoms. The van der Waals surface area contributed by atoms with Crippen LogP contribution >= 0.6 is 11.6 Å². The topological polar surface area (TPSA) is 56.4 Å². The molecule has 0 unspecified atom stereocenters. The van der Waals surface area contributed by atoms with Gasteiger partial charge in [-0.05, 0) is 49.7 Å². The van der Waals surface area contributed by atoms with Crippen LogP contribution in [0.1, 0.15) is 25.0 Å². The van der Waals surface area contributed by atoms with E-state index in [9.17, 15) is 23.1 Å². The maximum atomic E-state index is 13.3. The highest BCUT2D eigenvalue weighted by Gasteiger charge is 2.33. The molecular formula is C20H20ClF3N2O3. The predicted molar refractivity (Wildman–Crippen MR) is 105 cm³/mol. The molecule has 0 bridgehead atoms. The van der Waals surface area contributed by atoms with Crippen LogP contribution in [0.15, 0.2) is 41.2 Å². The van der Waals surface area contributed by atoms with Gasteiger partial charge in [0.25, 0.3) is 0 Å². The minimum Gasteiger partial charge on any atom is -0.495 e. The van der Waals surface area contributed by atoms with Crippen molar-refractivity contribution in [3.05, 3.63) is 63.0 Å². The lowest BCUT2D eigenvalue weighted by Gasteiger charge is -2.23. The summed E-state index contributed by atoms with van der Waals surface area (Å²) < 4.78 is 47.4. The van der Waals surface area contributed by atoms with E-state index >= 15 is 0 Å². The molecule has 0 atom stereocenters. The van der Waals surface area contributed by atoms with Crippen molar-refractivity contribution in [2.24, 2.45) is 0 Å². The molecule has 156 valence electrons. The lowest BCUT2D eigenvalue weighted by molar-refractivity contribution is -0.137. The SMILES string of the molecule is COc1ccc(Cn2c(=O)n(C(C)(C)CO)c3ccc(C(F)(F)F)cc32)cc1Cl. The summed E-state index contributed by atoms with van der Waals surface area (Å²) in [4.78, 5) is 13.1. The Hall–Kier alpha value is -2.45. The molecule has 0 aliphatic carbocycles. The first-order valence-corrected chi connectivity index (χ1v) is 9.13. The molecule has 0 aliphatic rings. The molecule has 1 heterocycles. The van der Waals surface area contributed by atoms with Crippen LogP contribution in [0, 0.1) is 0 Å². The molecule has 0 radical (unpaired) electrons. The predicted octanol–water partition coefficient (Wildman–Crippen LogP) is 4.26. The standard InChI is InChI=1S/C20H20ClF3N2O3/c1-19(2,11-27)26-15-6-5-13(20(22,23)24)9-16(15)25(18(26)28)10-12-4-7-17(29-3)14(21)8-12/h4-9,27H,10-11H2,1-3H3. The van der Waals surface area contributed by atoms with E-state index in [-0.39, 0.29) is 18.7 Å². The second-order valence-electron chi connectivity index (χ2n) is 7.34. The van der Waals surface area contributed by atoms with Crippen molar-refractivity contribution in [1.82, 2.24) is 9.13 Å². The van der Waals surface area contributed by atoms with Gasteiger partial charge in [-0.1, -0.05) is 17.7 Å². The van der Waals surface area contributed by atoms with Crippen molar-refractivity contribution in [2.45, 2.75) is 32.1 Å². The van der Waals surface area contributed by atoms with Gasteiger partial charge in [-0.25, -0.2) is 4.79 Å². The molecule has 3 aromatic rings. The molecule has 9 heteroatoms. The summed E-state index contributed by atoms with van der Waals surface area (Å²) in [6.07, 6.45) is -4.55. The molecule has 1 aromatic heterocycles. The molecule has 0 amide bonds. The molecular weight excluding hydrogens is 409 g/mol. The van der Waals surface area contributed by atoms with Crippen LogP contribution in [0.2, 0.25) is 5.02 Å². The van der Waals surface area contributed by atoms with Crippen LogP contribution in [0.3, 0.4) is 0 Å². The number of nitrogens with zero attached hydrogens (tertiary/aromatic N) is 2. The third-order valence-electron chi connectivity index (χ3n) is 4.81. The van der Waals surface area contributed by atoms with E-state index in [4.69, 9.17) is 16.3 Å². The zero-order valence-corrected chi connectivity index (χ0v) is 16.8. The fourth-order valence-corrected chi connectivity index (χ4v) is 3.51. The molecule has 0 fully saturated rings. The molecule has 29 heavy (non-hydrogen) atoms. The van der Waals surface area contributed by atoms with E-state index in [1.54, 1.807) is 32.0 Å². The quantitative estimate of drug-likeness (QED) is 0.660. The van der Waals surface area contributed by atoms with Gasteiger partial charge in [-0.3, -0.25) is 9.13 Å². The number of benzene rings is 2. The first kappa shape index (κ1) is 21.3. The van der Waals surface area contributed by atoms with Crippen molar-refractivity contribution in [2.75, 3.05) is 13.7 Å². The third-order valence-corrected chi connectivity index (χ3v) is 5.10. The number of fused-ring (bicyclic) bond motifs is 1. The minimum atomic E-state index is -4.55. The van der Waals surface area contributed by atoms with Gasteiger partial charge < -0.3 is 9.84 Å². The number of methoxy groups -OCH3 is 1. The average molecular weight is 429 g/mol. The van der Waals surface area contributed by atoms with Gasteiger partial charge >= 0.3 is 11.9 Å². The Morgan fingerprint density at radius 1 is 1.10 bits per heavy atom. The summed E-state index contributed by atoms with van der Waals surface area (Å²) in [6, 6.07) is 8.05. The van der Waals surface area contributed by atoms with Crippen LogP contribution in [-0.2, 0) is 18.3 Å². The van der Waals surface area contributed by atoms with Crippen LogP contribution < -0.4 is 10.4 Å². The molecule has 0 saturated carbocycles. The van der Waals surface area contributed by atoms with Gasteiger partial charge in [-0.2, -0.15) is 13.2 Å². The summed E-state index contributed by atoms with van der Waals surface area (Å²) in [7, 11) is 1.47. The van der Waals surface area contributed by atoms with E-state index in [0.717, 1.165) is 12.1 Å². The van der Waals surface area contributed by atoms with Gasteiger partial charge in [0, 0.05) is 0 Å². The summed E-state index contributed by atoms with van der Waals surface area (Å²) >= 11 is 6.14. The number of alkyl halides is 3. The number of halogens is 4. The lowest BCUT2D eigenvalue weighted by Crippen LogP contribution is -2.39. The molecule has 1 N–H and O–H groups in total. The Kier molecular flexibility index (Phi) is 5.44. The van der Waals surface area contributed by atoms with Gasteiger partial charge in [0.15, 0.2) is 0 Å². The molecule has 5 nitrogen and oxygen atoms in total. The number of aromatic nitrogens is 2. The number of ether oxygens (including phenoxy) is 1. The summed E-state index contributed by atoms with van der Waals surface area (Å²) in [5.41, 5.74) is -1.33. The van der Waals surface area contributed by atoms with Gasteiger partial charge in [-0.15, -0.1) is 0 Å². The molecule has 2 aromatic carbocycles. The number of aliphatic hydroxyl groups excluding tert-OH is 1. The smallest absolute Gasteiger partial charge is 0.416 e. The van der Waals surface area contributed by atoms with Crippen molar-refractivity contribution in [3.63, 3.8) is 0 Å². The van der Waals surface area contributed by atoms with Crippen LogP contribution in [0.5, 0.6) is 5.75 Å².